The Kier molecular flexibility index (Phi) is 8.20. The SMILES string of the molecule is CCn1c(SCC(=O)Nc2nnc(C3CCCCC3)s2)nnc1C(C)Oc1ccc(C)c(C)c1. The molecule has 0 saturated heterocycles. The van der Waals surface area contributed by atoms with E-state index in [4.69, 9.17) is 4.74 Å². The lowest BCUT2D eigenvalue weighted by Crippen LogP contribution is -2.15. The molecule has 1 unspecified atom stereocenters. The summed E-state index contributed by atoms with van der Waals surface area (Å²) in [5.74, 6) is 2.14. The molecule has 1 atom stereocenters. The number of nitrogens with one attached hydrogen (secondary N) is 1. The van der Waals surface area contributed by atoms with Gasteiger partial charge in [-0.3, -0.25) is 10.1 Å². The van der Waals surface area contributed by atoms with Gasteiger partial charge < -0.3 is 9.30 Å². The molecule has 182 valence electrons. The maximum Gasteiger partial charge on any atom is 0.236 e. The third-order valence-electron chi connectivity index (χ3n) is 6.19. The van der Waals surface area contributed by atoms with Crippen LogP contribution in [0.3, 0.4) is 0 Å². The summed E-state index contributed by atoms with van der Waals surface area (Å²) in [5.41, 5.74) is 2.41. The van der Waals surface area contributed by atoms with Gasteiger partial charge in [0.15, 0.2) is 17.1 Å². The van der Waals surface area contributed by atoms with Crippen LogP contribution in [0.4, 0.5) is 5.13 Å². The first kappa shape index (κ1) is 24.7. The predicted octanol–water partition coefficient (Wildman–Crippen LogP) is 5.68. The fourth-order valence-electron chi connectivity index (χ4n) is 4.13. The lowest BCUT2D eigenvalue weighted by molar-refractivity contribution is -0.113. The van der Waals surface area contributed by atoms with E-state index >= 15 is 0 Å². The number of nitrogens with zero attached hydrogens (tertiary/aromatic N) is 5. The van der Waals surface area contributed by atoms with E-state index in [1.807, 2.05) is 30.5 Å². The maximum atomic E-state index is 12.5. The highest BCUT2D eigenvalue weighted by Crippen LogP contribution is 2.35. The zero-order valence-electron chi connectivity index (χ0n) is 20.2. The van der Waals surface area contributed by atoms with Gasteiger partial charge in [0, 0.05) is 12.5 Å². The molecule has 1 amide bonds. The molecule has 2 aromatic heterocycles. The van der Waals surface area contributed by atoms with Gasteiger partial charge in [-0.2, -0.15) is 0 Å². The van der Waals surface area contributed by atoms with Crippen LogP contribution >= 0.6 is 23.1 Å². The average Bonchev–Trinajstić information content (AvgIpc) is 3.47. The van der Waals surface area contributed by atoms with Crippen LogP contribution in [-0.4, -0.2) is 36.6 Å². The van der Waals surface area contributed by atoms with Crippen LogP contribution in [0.2, 0.25) is 0 Å². The van der Waals surface area contributed by atoms with Gasteiger partial charge in [-0.25, -0.2) is 0 Å². The van der Waals surface area contributed by atoms with Crippen LogP contribution in [0.5, 0.6) is 5.75 Å². The van der Waals surface area contributed by atoms with Crippen LogP contribution in [0.15, 0.2) is 23.4 Å². The summed E-state index contributed by atoms with van der Waals surface area (Å²) in [7, 11) is 0. The summed E-state index contributed by atoms with van der Waals surface area (Å²) < 4.78 is 8.12. The molecule has 1 aromatic carbocycles. The van der Waals surface area contributed by atoms with Gasteiger partial charge in [-0.05, 0) is 63.8 Å². The molecule has 1 N–H and O–H groups in total. The van der Waals surface area contributed by atoms with E-state index in [1.165, 1.54) is 66.3 Å². The molecular weight excluding hydrogens is 468 g/mol. The number of benzene rings is 1. The fraction of sp³-hybridized carbons (Fsp3) is 0.542. The monoisotopic (exact) mass is 500 g/mol. The minimum absolute atomic E-state index is 0.122. The number of carbonyl (C=O) groups excluding carboxylic acids is 1. The highest BCUT2D eigenvalue weighted by atomic mass is 32.2. The van der Waals surface area contributed by atoms with E-state index in [9.17, 15) is 4.79 Å². The maximum absolute atomic E-state index is 12.5. The van der Waals surface area contributed by atoms with E-state index < -0.39 is 0 Å². The standard InChI is InChI=1S/C24H32N6O2S2/c1-5-30-21(17(4)32-19-12-11-15(2)16(3)13-19)26-29-24(30)33-14-20(31)25-23-28-27-22(34-23)18-9-7-6-8-10-18/h11-13,17-18H,5-10,14H2,1-4H3,(H,25,28,31). The molecule has 3 aromatic rings. The smallest absolute Gasteiger partial charge is 0.236 e. The lowest BCUT2D eigenvalue weighted by Gasteiger charge is -2.18. The second-order valence-corrected chi connectivity index (χ2v) is 10.7. The third-order valence-corrected chi connectivity index (χ3v) is 8.16. The minimum atomic E-state index is -0.266. The molecule has 1 aliphatic carbocycles. The Hall–Kier alpha value is -2.46. The van der Waals surface area contributed by atoms with Crippen molar-refractivity contribution in [1.82, 2.24) is 25.0 Å². The minimum Gasteiger partial charge on any atom is -0.483 e. The zero-order chi connectivity index (χ0) is 24.1. The number of rotatable bonds is 9. The Labute approximate surface area is 208 Å². The van der Waals surface area contributed by atoms with E-state index in [-0.39, 0.29) is 17.8 Å². The second kappa shape index (κ2) is 11.3. The predicted molar refractivity (Wildman–Crippen MR) is 136 cm³/mol. The molecular formula is C24H32N6O2S2. The normalized spacial score (nSPS) is 15.3. The molecule has 0 bridgehead atoms. The van der Waals surface area contributed by atoms with E-state index in [1.54, 1.807) is 0 Å². The number of aromatic nitrogens is 5. The van der Waals surface area contributed by atoms with Gasteiger partial charge in [-0.15, -0.1) is 20.4 Å². The Balaban J connectivity index is 1.33. The quantitative estimate of drug-likeness (QED) is 0.377. The van der Waals surface area contributed by atoms with Crippen LogP contribution in [0, 0.1) is 13.8 Å². The first-order chi connectivity index (χ1) is 16.4. The first-order valence-corrected chi connectivity index (χ1v) is 13.7. The molecule has 0 aliphatic heterocycles. The highest BCUT2D eigenvalue weighted by molar-refractivity contribution is 7.99. The van der Waals surface area contributed by atoms with Crippen LogP contribution < -0.4 is 10.1 Å². The van der Waals surface area contributed by atoms with Crippen molar-refractivity contribution < 1.29 is 9.53 Å². The van der Waals surface area contributed by atoms with E-state index in [0.717, 1.165) is 16.6 Å². The van der Waals surface area contributed by atoms with Crippen molar-refractivity contribution >= 4 is 34.1 Å². The number of aryl methyl sites for hydroxylation is 2. The summed E-state index contributed by atoms with van der Waals surface area (Å²) in [6, 6.07) is 6.06. The molecule has 0 radical (unpaired) electrons. The highest BCUT2D eigenvalue weighted by Gasteiger charge is 2.22. The molecule has 4 rings (SSSR count). The number of carbonyl (C=O) groups is 1. The number of thioether (sulfide) groups is 1. The molecule has 8 nitrogen and oxygen atoms in total. The average molecular weight is 501 g/mol. The summed E-state index contributed by atoms with van der Waals surface area (Å²) in [6.07, 6.45) is 5.86. The van der Waals surface area contributed by atoms with Gasteiger partial charge in [0.25, 0.3) is 0 Å². The fourth-order valence-corrected chi connectivity index (χ4v) is 5.87. The van der Waals surface area contributed by atoms with Gasteiger partial charge in [-0.1, -0.05) is 48.4 Å². The van der Waals surface area contributed by atoms with Crippen molar-refractivity contribution in [3.63, 3.8) is 0 Å². The van der Waals surface area contributed by atoms with Crippen LogP contribution in [0.1, 0.15) is 79.9 Å². The van der Waals surface area contributed by atoms with Gasteiger partial charge >= 0.3 is 0 Å². The zero-order valence-corrected chi connectivity index (χ0v) is 21.8. The van der Waals surface area contributed by atoms with Crippen LogP contribution in [-0.2, 0) is 11.3 Å². The van der Waals surface area contributed by atoms with Crippen molar-refractivity contribution in [1.29, 1.82) is 0 Å². The van der Waals surface area contributed by atoms with Gasteiger partial charge in [0.05, 0.1) is 5.75 Å². The number of hydrogen-bond acceptors (Lipinski definition) is 8. The molecule has 1 saturated carbocycles. The molecule has 0 spiro atoms. The molecule has 10 heteroatoms. The number of anilines is 1. The number of amides is 1. The Morgan fingerprint density at radius 2 is 1.97 bits per heavy atom. The summed E-state index contributed by atoms with van der Waals surface area (Å²) >= 11 is 2.86. The van der Waals surface area contributed by atoms with Gasteiger partial charge in [0.1, 0.15) is 10.8 Å². The summed E-state index contributed by atoms with van der Waals surface area (Å²) in [5, 5.41) is 22.3. The lowest BCUT2D eigenvalue weighted by atomic mass is 9.90. The molecule has 2 heterocycles. The summed E-state index contributed by atoms with van der Waals surface area (Å²) in [6.45, 7) is 8.84. The van der Waals surface area contributed by atoms with Crippen LogP contribution in [0.25, 0.3) is 0 Å². The summed E-state index contributed by atoms with van der Waals surface area (Å²) in [4.78, 5) is 12.5. The second-order valence-electron chi connectivity index (χ2n) is 8.71. The van der Waals surface area contributed by atoms with Crippen molar-refractivity contribution in [2.75, 3.05) is 11.1 Å². The number of hydrogen-bond donors (Lipinski definition) is 1. The van der Waals surface area contributed by atoms with E-state index in [2.05, 4.69) is 45.6 Å². The third kappa shape index (κ3) is 5.96. The van der Waals surface area contributed by atoms with Crippen molar-refractivity contribution in [3.05, 3.63) is 40.2 Å². The largest absolute Gasteiger partial charge is 0.483 e. The van der Waals surface area contributed by atoms with Crippen molar-refractivity contribution in [3.8, 4) is 5.75 Å². The molecule has 1 aliphatic rings. The Bertz CT molecular complexity index is 1120. The Morgan fingerprint density at radius 3 is 2.71 bits per heavy atom. The molecule has 34 heavy (non-hydrogen) atoms. The van der Waals surface area contributed by atoms with Crippen molar-refractivity contribution in [2.45, 2.75) is 83.5 Å². The first-order valence-electron chi connectivity index (χ1n) is 11.9. The van der Waals surface area contributed by atoms with E-state index in [0.29, 0.717) is 22.8 Å². The Morgan fingerprint density at radius 1 is 1.18 bits per heavy atom. The molecule has 1 fully saturated rings. The van der Waals surface area contributed by atoms with Crippen molar-refractivity contribution in [2.24, 2.45) is 0 Å². The van der Waals surface area contributed by atoms with Gasteiger partial charge in [0.2, 0.25) is 11.0 Å². The topological polar surface area (TPSA) is 94.8 Å². The number of ether oxygens (including phenoxy) is 1.